The third kappa shape index (κ3) is 2.96. The second-order valence-electron chi connectivity index (χ2n) is 4.43. The Morgan fingerprint density at radius 2 is 2.05 bits per heavy atom. The molecule has 2 aromatic rings. The van der Waals surface area contributed by atoms with Crippen molar-refractivity contribution in [2.45, 2.75) is 20.3 Å². The van der Waals surface area contributed by atoms with Crippen LogP contribution in [0.1, 0.15) is 18.2 Å². The maximum absolute atomic E-state index is 11.7. The molecule has 0 aliphatic heterocycles. The predicted molar refractivity (Wildman–Crippen MR) is 76.2 cm³/mol. The summed E-state index contributed by atoms with van der Waals surface area (Å²) in [5, 5.41) is 4.08. The van der Waals surface area contributed by atoms with Gasteiger partial charge in [-0.3, -0.25) is 0 Å². The van der Waals surface area contributed by atoms with Crippen LogP contribution in [0.4, 0.5) is 0 Å². The molecule has 0 unspecified atom stereocenters. The van der Waals surface area contributed by atoms with Gasteiger partial charge < -0.3 is 9.26 Å². The maximum atomic E-state index is 11.7. The van der Waals surface area contributed by atoms with Crippen molar-refractivity contribution in [3.63, 3.8) is 0 Å². The van der Waals surface area contributed by atoms with Gasteiger partial charge >= 0.3 is 5.97 Å². The number of hydrogen-bond acceptors (Lipinski definition) is 4. The van der Waals surface area contributed by atoms with E-state index in [0.29, 0.717) is 24.4 Å². The average Bonchev–Trinajstić information content (AvgIpc) is 2.81. The second kappa shape index (κ2) is 6.19. The molecule has 4 heteroatoms. The molecule has 20 heavy (non-hydrogen) atoms. The van der Waals surface area contributed by atoms with E-state index in [1.165, 1.54) is 0 Å². The molecule has 4 nitrogen and oxygen atoms in total. The van der Waals surface area contributed by atoms with E-state index in [0.717, 1.165) is 16.8 Å². The number of rotatable bonds is 5. The summed E-state index contributed by atoms with van der Waals surface area (Å²) in [6.45, 7) is 7.71. The minimum absolute atomic E-state index is 0.339. The summed E-state index contributed by atoms with van der Waals surface area (Å²) in [6.07, 6.45) is 0.373. The maximum Gasteiger partial charge on any atom is 0.333 e. The molecule has 1 heterocycles. The Kier molecular flexibility index (Phi) is 4.35. The Labute approximate surface area is 118 Å². The number of esters is 1. The van der Waals surface area contributed by atoms with Gasteiger partial charge in [-0.25, -0.2) is 4.79 Å². The van der Waals surface area contributed by atoms with Crippen LogP contribution < -0.4 is 0 Å². The third-order valence-corrected chi connectivity index (χ3v) is 2.99. The van der Waals surface area contributed by atoms with Gasteiger partial charge in [-0.05, 0) is 13.8 Å². The highest BCUT2D eigenvalue weighted by Gasteiger charge is 2.18. The lowest BCUT2D eigenvalue weighted by molar-refractivity contribution is -0.138. The molecule has 0 radical (unpaired) electrons. The van der Waals surface area contributed by atoms with Crippen molar-refractivity contribution in [1.29, 1.82) is 0 Å². The third-order valence-electron chi connectivity index (χ3n) is 2.99. The van der Waals surface area contributed by atoms with Crippen LogP contribution in [0.2, 0.25) is 0 Å². The molecule has 0 aliphatic carbocycles. The highest BCUT2D eigenvalue weighted by molar-refractivity contribution is 5.88. The summed E-state index contributed by atoms with van der Waals surface area (Å²) < 4.78 is 10.2. The second-order valence-corrected chi connectivity index (χ2v) is 4.43. The topological polar surface area (TPSA) is 52.3 Å². The van der Waals surface area contributed by atoms with Crippen molar-refractivity contribution in [3.05, 3.63) is 53.8 Å². The monoisotopic (exact) mass is 271 g/mol. The van der Waals surface area contributed by atoms with E-state index in [4.69, 9.17) is 9.26 Å². The van der Waals surface area contributed by atoms with Crippen LogP contribution in [0.5, 0.6) is 0 Å². The van der Waals surface area contributed by atoms with Gasteiger partial charge in [-0.1, -0.05) is 42.1 Å². The first kappa shape index (κ1) is 14.1. The summed E-state index contributed by atoms with van der Waals surface area (Å²) in [6, 6.07) is 9.71. The predicted octanol–water partition coefficient (Wildman–Crippen LogP) is 3.31. The first-order chi connectivity index (χ1) is 9.63. The molecular weight excluding hydrogens is 254 g/mol. The van der Waals surface area contributed by atoms with E-state index in [-0.39, 0.29) is 5.97 Å². The van der Waals surface area contributed by atoms with Crippen molar-refractivity contribution in [1.82, 2.24) is 5.16 Å². The average molecular weight is 271 g/mol. The SMILES string of the molecule is C=C(Cc1c(-c2ccccc2)noc1C)C(=O)OCC. The van der Waals surface area contributed by atoms with Crippen LogP contribution in [0.25, 0.3) is 11.3 Å². The van der Waals surface area contributed by atoms with Gasteiger partial charge in [0.05, 0.1) is 6.61 Å². The Bertz CT molecular complexity index is 614. The van der Waals surface area contributed by atoms with Gasteiger partial charge in [-0.2, -0.15) is 0 Å². The van der Waals surface area contributed by atoms with E-state index in [1.54, 1.807) is 6.92 Å². The molecule has 1 aromatic carbocycles. The van der Waals surface area contributed by atoms with Gasteiger partial charge in [0.25, 0.3) is 0 Å². The van der Waals surface area contributed by atoms with E-state index in [9.17, 15) is 4.79 Å². The molecule has 1 aromatic heterocycles. The Hall–Kier alpha value is -2.36. The lowest BCUT2D eigenvalue weighted by atomic mass is 10.0. The number of aromatic nitrogens is 1. The van der Waals surface area contributed by atoms with Gasteiger partial charge in [-0.15, -0.1) is 0 Å². The molecule has 0 saturated heterocycles. The Morgan fingerprint density at radius 1 is 1.35 bits per heavy atom. The highest BCUT2D eigenvalue weighted by Crippen LogP contribution is 2.27. The van der Waals surface area contributed by atoms with Crippen LogP contribution in [0, 0.1) is 6.92 Å². The fraction of sp³-hybridized carbons (Fsp3) is 0.250. The van der Waals surface area contributed by atoms with Crippen molar-refractivity contribution < 1.29 is 14.1 Å². The van der Waals surface area contributed by atoms with E-state index in [1.807, 2.05) is 37.3 Å². The normalized spacial score (nSPS) is 10.3. The first-order valence-electron chi connectivity index (χ1n) is 6.49. The minimum Gasteiger partial charge on any atom is -0.463 e. The zero-order valence-corrected chi connectivity index (χ0v) is 11.7. The number of aryl methyl sites for hydroxylation is 1. The number of nitrogens with zero attached hydrogens (tertiary/aromatic N) is 1. The Morgan fingerprint density at radius 3 is 2.70 bits per heavy atom. The van der Waals surface area contributed by atoms with Crippen molar-refractivity contribution >= 4 is 5.97 Å². The van der Waals surface area contributed by atoms with Crippen LogP contribution in [-0.2, 0) is 16.0 Å². The van der Waals surface area contributed by atoms with Crippen molar-refractivity contribution in [3.8, 4) is 11.3 Å². The Balaban J connectivity index is 2.27. The smallest absolute Gasteiger partial charge is 0.333 e. The fourth-order valence-corrected chi connectivity index (χ4v) is 1.94. The summed E-state index contributed by atoms with van der Waals surface area (Å²) in [7, 11) is 0. The van der Waals surface area contributed by atoms with Gasteiger partial charge in [0.2, 0.25) is 0 Å². The first-order valence-corrected chi connectivity index (χ1v) is 6.49. The van der Waals surface area contributed by atoms with Crippen LogP contribution >= 0.6 is 0 Å². The van der Waals surface area contributed by atoms with Gasteiger partial charge in [0.15, 0.2) is 0 Å². The molecule has 0 fully saturated rings. The molecule has 0 saturated carbocycles. The lowest BCUT2D eigenvalue weighted by Crippen LogP contribution is -2.09. The number of carbonyl (C=O) groups excluding carboxylic acids is 1. The molecule has 2 rings (SSSR count). The zero-order valence-electron chi connectivity index (χ0n) is 11.7. The van der Waals surface area contributed by atoms with Crippen molar-refractivity contribution in [2.24, 2.45) is 0 Å². The zero-order chi connectivity index (χ0) is 14.5. The molecule has 0 atom stereocenters. The van der Waals surface area contributed by atoms with E-state index >= 15 is 0 Å². The summed E-state index contributed by atoms with van der Waals surface area (Å²) in [5.74, 6) is 0.307. The molecule has 0 aliphatic rings. The summed E-state index contributed by atoms with van der Waals surface area (Å²) in [4.78, 5) is 11.7. The molecule has 0 amide bonds. The minimum atomic E-state index is -0.382. The van der Waals surface area contributed by atoms with E-state index in [2.05, 4.69) is 11.7 Å². The number of carbonyl (C=O) groups is 1. The lowest BCUT2D eigenvalue weighted by Gasteiger charge is -2.06. The van der Waals surface area contributed by atoms with Gasteiger partial charge in [0, 0.05) is 23.1 Å². The molecule has 0 bridgehead atoms. The van der Waals surface area contributed by atoms with Crippen LogP contribution in [0.15, 0.2) is 47.0 Å². The fourth-order valence-electron chi connectivity index (χ4n) is 1.94. The summed E-state index contributed by atoms with van der Waals surface area (Å²) in [5.41, 5.74) is 2.97. The number of benzene rings is 1. The highest BCUT2D eigenvalue weighted by atomic mass is 16.5. The van der Waals surface area contributed by atoms with Crippen LogP contribution in [0.3, 0.4) is 0 Å². The summed E-state index contributed by atoms with van der Waals surface area (Å²) >= 11 is 0. The molecule has 0 spiro atoms. The van der Waals surface area contributed by atoms with Crippen molar-refractivity contribution in [2.75, 3.05) is 6.61 Å². The largest absolute Gasteiger partial charge is 0.463 e. The number of hydrogen-bond donors (Lipinski definition) is 0. The van der Waals surface area contributed by atoms with Gasteiger partial charge in [0.1, 0.15) is 11.5 Å². The van der Waals surface area contributed by atoms with E-state index < -0.39 is 0 Å². The quantitative estimate of drug-likeness (QED) is 0.618. The number of ether oxygens (including phenoxy) is 1. The molecule has 0 N–H and O–H groups in total. The van der Waals surface area contributed by atoms with Crippen LogP contribution in [-0.4, -0.2) is 17.7 Å². The standard InChI is InChI=1S/C16H17NO3/c1-4-19-16(18)11(2)10-14-12(3)20-17-15(14)13-8-6-5-7-9-13/h5-9H,2,4,10H2,1,3H3. The molecule has 104 valence electrons. The molecular formula is C16H17NO3.